The SMILES string of the molecule is CN(C(C(=O)N1CCN(c2ccccc2F)CC1)c1ccccc1)S(C)(=O)=O. The molecule has 1 unspecified atom stereocenters. The first-order chi connectivity index (χ1) is 13.3. The van der Waals surface area contributed by atoms with E-state index in [2.05, 4.69) is 0 Å². The summed E-state index contributed by atoms with van der Waals surface area (Å²) in [4.78, 5) is 16.8. The van der Waals surface area contributed by atoms with Gasteiger partial charge in [0.1, 0.15) is 11.9 Å². The van der Waals surface area contributed by atoms with Crippen molar-refractivity contribution in [3.05, 3.63) is 66.0 Å². The number of rotatable bonds is 5. The van der Waals surface area contributed by atoms with E-state index in [9.17, 15) is 17.6 Å². The van der Waals surface area contributed by atoms with Gasteiger partial charge in [-0.05, 0) is 17.7 Å². The average Bonchev–Trinajstić information content (AvgIpc) is 2.69. The molecular weight excluding hydrogens is 381 g/mol. The lowest BCUT2D eigenvalue weighted by atomic mass is 10.1. The van der Waals surface area contributed by atoms with Crippen LogP contribution >= 0.6 is 0 Å². The summed E-state index contributed by atoms with van der Waals surface area (Å²) in [7, 11) is -2.15. The first-order valence-corrected chi connectivity index (χ1v) is 10.9. The van der Waals surface area contributed by atoms with Crippen molar-refractivity contribution in [1.29, 1.82) is 0 Å². The van der Waals surface area contributed by atoms with Crippen LogP contribution in [-0.4, -0.2) is 63.0 Å². The second-order valence-corrected chi connectivity index (χ2v) is 8.90. The van der Waals surface area contributed by atoms with Crippen molar-refractivity contribution in [2.75, 3.05) is 44.4 Å². The lowest BCUT2D eigenvalue weighted by Crippen LogP contribution is -2.52. The highest BCUT2D eigenvalue weighted by atomic mass is 32.2. The molecule has 1 aliphatic rings. The number of piperazine rings is 1. The molecule has 0 aliphatic carbocycles. The largest absolute Gasteiger partial charge is 0.366 e. The molecule has 0 radical (unpaired) electrons. The Morgan fingerprint density at radius 1 is 1.00 bits per heavy atom. The van der Waals surface area contributed by atoms with E-state index in [1.54, 1.807) is 47.4 Å². The minimum atomic E-state index is -3.57. The molecule has 2 aromatic carbocycles. The van der Waals surface area contributed by atoms with Gasteiger partial charge in [0.05, 0.1) is 11.9 Å². The number of nitrogens with zero attached hydrogens (tertiary/aromatic N) is 3. The van der Waals surface area contributed by atoms with E-state index in [4.69, 9.17) is 0 Å². The average molecular weight is 405 g/mol. The second kappa shape index (κ2) is 8.28. The van der Waals surface area contributed by atoms with Crippen molar-refractivity contribution < 1.29 is 17.6 Å². The third-order valence-electron chi connectivity index (χ3n) is 5.02. The van der Waals surface area contributed by atoms with E-state index >= 15 is 0 Å². The third-order valence-corrected chi connectivity index (χ3v) is 6.28. The first-order valence-electron chi connectivity index (χ1n) is 9.05. The van der Waals surface area contributed by atoms with Gasteiger partial charge in [0.15, 0.2) is 0 Å². The molecule has 2 aromatic rings. The second-order valence-electron chi connectivity index (χ2n) is 6.86. The van der Waals surface area contributed by atoms with Crippen molar-refractivity contribution in [2.24, 2.45) is 0 Å². The molecule has 1 aliphatic heterocycles. The van der Waals surface area contributed by atoms with Crippen molar-refractivity contribution in [2.45, 2.75) is 6.04 Å². The summed E-state index contributed by atoms with van der Waals surface area (Å²) in [6, 6.07) is 14.5. The van der Waals surface area contributed by atoms with Crippen LogP contribution in [0.4, 0.5) is 10.1 Å². The Balaban J connectivity index is 1.78. The molecule has 8 heteroatoms. The molecule has 0 N–H and O–H groups in total. The highest BCUT2D eigenvalue weighted by Gasteiger charge is 2.35. The van der Waals surface area contributed by atoms with E-state index in [0.717, 1.165) is 10.6 Å². The Morgan fingerprint density at radius 3 is 2.14 bits per heavy atom. The smallest absolute Gasteiger partial charge is 0.245 e. The first kappa shape index (κ1) is 20.3. The predicted octanol–water partition coefficient (Wildman–Crippen LogP) is 2.11. The van der Waals surface area contributed by atoms with Crippen LogP contribution < -0.4 is 4.90 Å². The number of likely N-dealkylation sites (N-methyl/N-ethyl adjacent to an activating group) is 1. The molecule has 1 saturated heterocycles. The fourth-order valence-electron chi connectivity index (χ4n) is 3.38. The number of para-hydroxylation sites is 1. The van der Waals surface area contributed by atoms with E-state index < -0.39 is 16.1 Å². The zero-order chi connectivity index (χ0) is 20.3. The summed E-state index contributed by atoms with van der Waals surface area (Å²) in [5, 5.41) is 0. The number of amides is 1. The standard InChI is InChI=1S/C20H24FN3O3S/c1-22(28(2,26)27)19(16-8-4-3-5-9-16)20(25)24-14-12-23(13-15-24)18-11-7-6-10-17(18)21/h3-11,19H,12-15H2,1-2H3. The normalized spacial score (nSPS) is 16.3. The number of anilines is 1. The van der Waals surface area contributed by atoms with Crippen LogP contribution in [-0.2, 0) is 14.8 Å². The lowest BCUT2D eigenvalue weighted by molar-refractivity contribution is -0.135. The molecule has 28 heavy (non-hydrogen) atoms. The summed E-state index contributed by atoms with van der Waals surface area (Å²) in [5.74, 6) is -0.562. The van der Waals surface area contributed by atoms with Gasteiger partial charge in [0, 0.05) is 33.2 Å². The number of sulfonamides is 1. The molecule has 150 valence electrons. The maximum atomic E-state index is 14.0. The predicted molar refractivity (Wildman–Crippen MR) is 107 cm³/mol. The molecule has 1 amide bonds. The van der Waals surface area contributed by atoms with Crippen LogP contribution in [0.25, 0.3) is 0 Å². The Hall–Kier alpha value is -2.45. The fraction of sp³-hybridized carbons (Fsp3) is 0.350. The van der Waals surface area contributed by atoms with Gasteiger partial charge in [-0.15, -0.1) is 0 Å². The number of carbonyl (C=O) groups is 1. The zero-order valence-electron chi connectivity index (χ0n) is 16.0. The molecule has 1 fully saturated rings. The van der Waals surface area contributed by atoms with Gasteiger partial charge in [-0.3, -0.25) is 4.79 Å². The molecule has 0 aromatic heterocycles. The quantitative estimate of drug-likeness (QED) is 0.765. The van der Waals surface area contributed by atoms with E-state index in [1.165, 1.54) is 13.1 Å². The minimum absolute atomic E-state index is 0.271. The number of hydrogen-bond acceptors (Lipinski definition) is 4. The Morgan fingerprint density at radius 2 is 1.57 bits per heavy atom. The van der Waals surface area contributed by atoms with Gasteiger partial charge >= 0.3 is 0 Å². The molecule has 1 atom stereocenters. The van der Waals surface area contributed by atoms with Crippen LogP contribution in [0, 0.1) is 5.82 Å². The summed E-state index contributed by atoms with van der Waals surface area (Å²) in [6.45, 7) is 1.76. The van der Waals surface area contributed by atoms with Gasteiger partial charge in [0.25, 0.3) is 0 Å². The minimum Gasteiger partial charge on any atom is -0.366 e. The van der Waals surface area contributed by atoms with Crippen LogP contribution in [0.15, 0.2) is 54.6 Å². The molecule has 1 heterocycles. The molecule has 0 bridgehead atoms. The Kier molecular flexibility index (Phi) is 6.00. The van der Waals surface area contributed by atoms with Crippen molar-refractivity contribution >= 4 is 21.6 Å². The summed E-state index contributed by atoms with van der Waals surface area (Å²) < 4.78 is 39.4. The number of hydrogen-bond donors (Lipinski definition) is 0. The summed E-state index contributed by atoms with van der Waals surface area (Å²) >= 11 is 0. The maximum Gasteiger partial charge on any atom is 0.245 e. The highest BCUT2D eigenvalue weighted by molar-refractivity contribution is 7.88. The topological polar surface area (TPSA) is 60.9 Å². The van der Waals surface area contributed by atoms with Crippen LogP contribution in [0.3, 0.4) is 0 Å². The number of carbonyl (C=O) groups excluding carboxylic acids is 1. The van der Waals surface area contributed by atoms with E-state index in [1.807, 2.05) is 11.0 Å². The molecule has 3 rings (SSSR count). The van der Waals surface area contributed by atoms with Crippen molar-refractivity contribution in [1.82, 2.24) is 9.21 Å². The van der Waals surface area contributed by atoms with E-state index in [-0.39, 0.29) is 11.7 Å². The van der Waals surface area contributed by atoms with Crippen LogP contribution in [0.2, 0.25) is 0 Å². The molecular formula is C20H24FN3O3S. The zero-order valence-corrected chi connectivity index (χ0v) is 16.8. The van der Waals surface area contributed by atoms with E-state index in [0.29, 0.717) is 37.4 Å². The van der Waals surface area contributed by atoms with Gasteiger partial charge in [-0.25, -0.2) is 12.8 Å². The van der Waals surface area contributed by atoms with Gasteiger partial charge in [0.2, 0.25) is 15.9 Å². The van der Waals surface area contributed by atoms with Gasteiger partial charge in [-0.2, -0.15) is 4.31 Å². The number of halogens is 1. The Bertz CT molecular complexity index is 929. The van der Waals surface area contributed by atoms with Crippen LogP contribution in [0.1, 0.15) is 11.6 Å². The van der Waals surface area contributed by atoms with Crippen molar-refractivity contribution in [3.8, 4) is 0 Å². The molecule has 6 nitrogen and oxygen atoms in total. The Labute approximate surface area is 165 Å². The third kappa shape index (κ3) is 4.34. The number of benzene rings is 2. The fourth-order valence-corrected chi connectivity index (χ4v) is 3.98. The summed E-state index contributed by atoms with van der Waals surface area (Å²) in [6.07, 6.45) is 1.09. The molecule has 0 spiro atoms. The van der Waals surface area contributed by atoms with Crippen molar-refractivity contribution in [3.63, 3.8) is 0 Å². The van der Waals surface area contributed by atoms with Crippen LogP contribution in [0.5, 0.6) is 0 Å². The van der Waals surface area contributed by atoms with Gasteiger partial charge < -0.3 is 9.80 Å². The lowest BCUT2D eigenvalue weighted by Gasteiger charge is -2.38. The highest BCUT2D eigenvalue weighted by Crippen LogP contribution is 2.26. The molecule has 0 saturated carbocycles. The summed E-state index contributed by atoms with van der Waals surface area (Å²) in [5.41, 5.74) is 1.14. The maximum absolute atomic E-state index is 14.0. The monoisotopic (exact) mass is 405 g/mol. The van der Waals surface area contributed by atoms with Gasteiger partial charge in [-0.1, -0.05) is 42.5 Å².